The van der Waals surface area contributed by atoms with E-state index >= 15 is 0 Å². The van der Waals surface area contributed by atoms with Gasteiger partial charge < -0.3 is 0 Å². The van der Waals surface area contributed by atoms with E-state index in [1.165, 1.54) is 0 Å². The van der Waals surface area contributed by atoms with Gasteiger partial charge >= 0.3 is 0 Å². The molecule has 0 bridgehead atoms. The van der Waals surface area contributed by atoms with Crippen molar-refractivity contribution < 1.29 is 0 Å². The summed E-state index contributed by atoms with van der Waals surface area (Å²) in [5.41, 5.74) is 1.86. The van der Waals surface area contributed by atoms with Crippen molar-refractivity contribution in [1.82, 2.24) is 15.2 Å². The summed E-state index contributed by atoms with van der Waals surface area (Å²) in [5.74, 6) is 1.07. The van der Waals surface area contributed by atoms with E-state index in [4.69, 9.17) is 11.6 Å². The fourth-order valence-corrected chi connectivity index (χ4v) is 1.93. The van der Waals surface area contributed by atoms with E-state index < -0.39 is 0 Å². The number of H-pyrrole nitrogens is 1. The van der Waals surface area contributed by atoms with Gasteiger partial charge in [0.05, 0.1) is 5.69 Å². The van der Waals surface area contributed by atoms with Crippen LogP contribution >= 0.6 is 11.6 Å². The van der Waals surface area contributed by atoms with Gasteiger partial charge in [0, 0.05) is 11.4 Å². The largest absolute Gasteiger partial charge is 0.287 e. The van der Waals surface area contributed by atoms with Crippen LogP contribution in [0.25, 0.3) is 0 Å². The molecule has 0 atom stereocenters. The van der Waals surface area contributed by atoms with E-state index in [0.717, 1.165) is 11.4 Å². The van der Waals surface area contributed by atoms with Crippen LogP contribution in [0.5, 0.6) is 0 Å². The number of nitrogens with one attached hydrogen (secondary N) is 1. The van der Waals surface area contributed by atoms with Crippen molar-refractivity contribution in [2.45, 2.75) is 6.42 Å². The summed E-state index contributed by atoms with van der Waals surface area (Å²) in [4.78, 5) is 4.29. The lowest BCUT2D eigenvalue weighted by molar-refractivity contribution is 0.971. The summed E-state index contributed by atoms with van der Waals surface area (Å²) >= 11 is 5.81. The molecule has 0 aliphatic rings. The van der Waals surface area contributed by atoms with Crippen molar-refractivity contribution >= 4 is 23.2 Å². The van der Waals surface area contributed by atoms with Crippen LogP contribution in [0.15, 0.2) is 64.8 Å². The summed E-state index contributed by atoms with van der Waals surface area (Å²) in [7, 11) is 0. The fraction of sp³-hybridized carbons (Fsp3) is 0.0667. The van der Waals surface area contributed by atoms with Gasteiger partial charge in [-0.1, -0.05) is 41.9 Å². The zero-order valence-corrected chi connectivity index (χ0v) is 11.8. The zero-order valence-electron chi connectivity index (χ0n) is 11.1. The van der Waals surface area contributed by atoms with Crippen LogP contribution in [-0.4, -0.2) is 15.2 Å². The van der Waals surface area contributed by atoms with Crippen LogP contribution in [-0.2, 0) is 6.42 Å². The van der Waals surface area contributed by atoms with Crippen molar-refractivity contribution in [1.29, 1.82) is 0 Å². The van der Waals surface area contributed by atoms with Gasteiger partial charge in [-0.05, 0) is 29.8 Å². The quantitative estimate of drug-likeness (QED) is 0.722. The second-order valence-electron chi connectivity index (χ2n) is 4.42. The van der Waals surface area contributed by atoms with Gasteiger partial charge in [-0.3, -0.25) is 5.10 Å². The molecule has 0 fully saturated rings. The third-order valence-corrected chi connectivity index (χ3v) is 3.07. The molecule has 1 heterocycles. The van der Waals surface area contributed by atoms with E-state index in [-0.39, 0.29) is 0 Å². The van der Waals surface area contributed by atoms with Gasteiger partial charge in [0.15, 0.2) is 0 Å². The number of hydrogen-bond donors (Lipinski definition) is 1. The molecular weight excluding hydrogens is 286 g/mol. The number of aromatic nitrogens is 3. The summed E-state index contributed by atoms with van der Waals surface area (Å²) in [6.45, 7) is 0. The Morgan fingerprint density at radius 2 is 1.71 bits per heavy atom. The minimum atomic E-state index is 0.316. The molecule has 3 rings (SSSR count). The Labute approximate surface area is 126 Å². The predicted octanol–water partition coefficient (Wildman–Crippen LogP) is 4.46. The molecule has 0 unspecified atom stereocenters. The van der Waals surface area contributed by atoms with E-state index in [0.29, 0.717) is 23.1 Å². The van der Waals surface area contributed by atoms with E-state index in [2.05, 4.69) is 25.4 Å². The number of hydrogen-bond acceptors (Lipinski definition) is 4. The Balaban J connectivity index is 1.69. The van der Waals surface area contributed by atoms with Crippen LogP contribution in [0.3, 0.4) is 0 Å². The summed E-state index contributed by atoms with van der Waals surface area (Å²) in [6, 6.07) is 17.1. The van der Waals surface area contributed by atoms with Crippen LogP contribution in [0, 0.1) is 0 Å². The molecule has 0 radical (unpaired) electrons. The Morgan fingerprint density at radius 1 is 0.952 bits per heavy atom. The van der Waals surface area contributed by atoms with Crippen LogP contribution in [0.4, 0.5) is 11.6 Å². The SMILES string of the molecule is Clc1ccc(N=Nc2n[nH]c(Cc3ccccc3)n2)cc1. The van der Waals surface area contributed by atoms with Gasteiger partial charge in [0.1, 0.15) is 5.82 Å². The summed E-state index contributed by atoms with van der Waals surface area (Å²) in [6.07, 6.45) is 0.685. The molecule has 104 valence electrons. The molecule has 6 heteroatoms. The lowest BCUT2D eigenvalue weighted by Gasteiger charge is -1.95. The van der Waals surface area contributed by atoms with Gasteiger partial charge in [0.2, 0.25) is 0 Å². The molecule has 0 saturated heterocycles. The van der Waals surface area contributed by atoms with Crippen LogP contribution < -0.4 is 0 Å². The molecule has 0 aliphatic heterocycles. The minimum absolute atomic E-state index is 0.316. The molecule has 21 heavy (non-hydrogen) atoms. The monoisotopic (exact) mass is 297 g/mol. The molecule has 0 amide bonds. The summed E-state index contributed by atoms with van der Waals surface area (Å²) in [5, 5.41) is 15.6. The van der Waals surface area contributed by atoms with Crippen molar-refractivity contribution in [2.75, 3.05) is 0 Å². The number of rotatable bonds is 4. The van der Waals surface area contributed by atoms with E-state index in [1.54, 1.807) is 24.3 Å². The van der Waals surface area contributed by atoms with Gasteiger partial charge in [0.25, 0.3) is 5.95 Å². The zero-order chi connectivity index (χ0) is 14.5. The number of nitrogens with zero attached hydrogens (tertiary/aromatic N) is 4. The highest BCUT2D eigenvalue weighted by Crippen LogP contribution is 2.18. The highest BCUT2D eigenvalue weighted by molar-refractivity contribution is 6.30. The Morgan fingerprint density at radius 3 is 2.48 bits per heavy atom. The number of halogens is 1. The van der Waals surface area contributed by atoms with Crippen molar-refractivity contribution in [2.24, 2.45) is 10.2 Å². The highest BCUT2D eigenvalue weighted by Gasteiger charge is 2.03. The molecule has 3 aromatic rings. The molecular formula is C15H12ClN5. The number of aromatic amines is 1. The van der Waals surface area contributed by atoms with E-state index in [9.17, 15) is 0 Å². The number of azo groups is 1. The first-order valence-corrected chi connectivity index (χ1v) is 6.80. The van der Waals surface area contributed by atoms with Crippen LogP contribution in [0.1, 0.15) is 11.4 Å². The molecule has 2 aromatic carbocycles. The second kappa shape index (κ2) is 6.28. The fourth-order valence-electron chi connectivity index (χ4n) is 1.81. The smallest absolute Gasteiger partial charge is 0.261 e. The molecule has 0 spiro atoms. The van der Waals surface area contributed by atoms with Crippen LogP contribution in [0.2, 0.25) is 5.02 Å². The molecule has 1 N–H and O–H groups in total. The normalized spacial score (nSPS) is 11.1. The predicted molar refractivity (Wildman–Crippen MR) is 81.3 cm³/mol. The minimum Gasteiger partial charge on any atom is -0.261 e. The maximum Gasteiger partial charge on any atom is 0.287 e. The average Bonchev–Trinajstić information content (AvgIpc) is 2.95. The lowest BCUT2D eigenvalue weighted by atomic mass is 10.1. The third kappa shape index (κ3) is 3.73. The lowest BCUT2D eigenvalue weighted by Crippen LogP contribution is -1.89. The topological polar surface area (TPSA) is 66.3 Å². The highest BCUT2D eigenvalue weighted by atomic mass is 35.5. The Hall–Kier alpha value is -2.53. The standard InChI is InChI=1S/C15H12ClN5/c16-12-6-8-13(9-7-12)18-20-15-17-14(19-21-15)10-11-4-2-1-3-5-11/h1-9H,10H2,(H,17,19,21). The Bertz CT molecular complexity index is 734. The second-order valence-corrected chi connectivity index (χ2v) is 4.86. The maximum absolute atomic E-state index is 5.81. The number of benzene rings is 2. The first kappa shape index (κ1) is 13.5. The molecule has 0 saturated carbocycles. The first-order chi connectivity index (χ1) is 10.3. The average molecular weight is 298 g/mol. The van der Waals surface area contributed by atoms with Crippen molar-refractivity contribution in [3.63, 3.8) is 0 Å². The first-order valence-electron chi connectivity index (χ1n) is 6.42. The van der Waals surface area contributed by atoms with Crippen molar-refractivity contribution in [3.05, 3.63) is 71.0 Å². The maximum atomic E-state index is 5.81. The van der Waals surface area contributed by atoms with Crippen molar-refractivity contribution in [3.8, 4) is 0 Å². The van der Waals surface area contributed by atoms with Gasteiger partial charge in [-0.15, -0.1) is 15.3 Å². The summed E-state index contributed by atoms with van der Waals surface area (Å²) < 4.78 is 0. The van der Waals surface area contributed by atoms with Gasteiger partial charge in [-0.2, -0.15) is 4.98 Å². The third-order valence-electron chi connectivity index (χ3n) is 2.82. The van der Waals surface area contributed by atoms with E-state index in [1.807, 2.05) is 30.3 Å². The molecule has 5 nitrogen and oxygen atoms in total. The Kier molecular flexibility index (Phi) is 4.02. The molecule has 0 aliphatic carbocycles. The van der Waals surface area contributed by atoms with Gasteiger partial charge in [-0.25, -0.2) is 0 Å². The molecule has 1 aromatic heterocycles.